The zero-order valence-electron chi connectivity index (χ0n) is 12.4. The van der Waals surface area contributed by atoms with E-state index in [1.807, 2.05) is 23.4 Å². The maximum absolute atomic E-state index is 12.5. The second kappa shape index (κ2) is 4.83. The standard InChI is InChI=1S/C15H22N2O3S/c1-11-2-3-12(20-11)10-16-8-6-15-14(16)7-9-17(15)21(18,19)13-4-5-13/h2-3,13-15H,4-10H2,1H3/t14-,15+/m1/s1. The van der Waals surface area contributed by atoms with E-state index in [2.05, 4.69) is 4.90 Å². The summed E-state index contributed by atoms with van der Waals surface area (Å²) >= 11 is 0. The molecule has 4 rings (SSSR count). The number of furan rings is 1. The highest BCUT2D eigenvalue weighted by Crippen LogP contribution is 2.39. The lowest BCUT2D eigenvalue weighted by Crippen LogP contribution is -2.41. The van der Waals surface area contributed by atoms with E-state index in [-0.39, 0.29) is 11.3 Å². The van der Waals surface area contributed by atoms with Gasteiger partial charge in [0.15, 0.2) is 0 Å². The zero-order valence-corrected chi connectivity index (χ0v) is 13.2. The van der Waals surface area contributed by atoms with E-state index in [9.17, 15) is 8.42 Å². The molecule has 1 saturated carbocycles. The first-order chi connectivity index (χ1) is 10.1. The zero-order chi connectivity index (χ0) is 14.6. The van der Waals surface area contributed by atoms with Crippen molar-refractivity contribution in [3.63, 3.8) is 0 Å². The summed E-state index contributed by atoms with van der Waals surface area (Å²) in [5, 5.41) is -0.0852. The number of likely N-dealkylation sites (tertiary alicyclic amines) is 1. The van der Waals surface area contributed by atoms with Gasteiger partial charge in [0.2, 0.25) is 10.0 Å². The maximum atomic E-state index is 12.5. The van der Waals surface area contributed by atoms with Crippen molar-refractivity contribution in [2.45, 2.75) is 56.5 Å². The van der Waals surface area contributed by atoms with Gasteiger partial charge in [0.25, 0.3) is 0 Å². The van der Waals surface area contributed by atoms with Crippen LogP contribution in [-0.2, 0) is 16.6 Å². The minimum atomic E-state index is -3.03. The van der Waals surface area contributed by atoms with Gasteiger partial charge >= 0.3 is 0 Å². The fourth-order valence-corrected chi connectivity index (χ4v) is 5.97. The first kappa shape index (κ1) is 13.8. The molecule has 0 N–H and O–H groups in total. The van der Waals surface area contributed by atoms with Gasteiger partial charge < -0.3 is 4.42 Å². The molecule has 1 aliphatic carbocycles. The first-order valence-electron chi connectivity index (χ1n) is 7.86. The lowest BCUT2D eigenvalue weighted by atomic mass is 10.1. The molecule has 2 saturated heterocycles. The van der Waals surface area contributed by atoms with Gasteiger partial charge in [-0.25, -0.2) is 8.42 Å². The van der Waals surface area contributed by atoms with Crippen molar-refractivity contribution in [2.24, 2.45) is 0 Å². The quantitative estimate of drug-likeness (QED) is 0.850. The molecule has 1 aromatic rings. The Morgan fingerprint density at radius 3 is 2.57 bits per heavy atom. The van der Waals surface area contributed by atoms with Crippen LogP contribution in [-0.4, -0.2) is 48.0 Å². The van der Waals surface area contributed by atoms with Crippen molar-refractivity contribution in [2.75, 3.05) is 13.1 Å². The Labute approximate surface area is 126 Å². The third-order valence-electron chi connectivity index (χ3n) is 5.07. The summed E-state index contributed by atoms with van der Waals surface area (Å²) in [5.74, 6) is 1.92. The van der Waals surface area contributed by atoms with Gasteiger partial charge in [0, 0.05) is 25.2 Å². The molecular formula is C15H22N2O3S. The SMILES string of the molecule is Cc1ccc(CN2CC[C@H]3[C@H]2CCN3S(=O)(=O)C2CC2)o1. The number of nitrogens with zero attached hydrogens (tertiary/aromatic N) is 2. The monoisotopic (exact) mass is 310 g/mol. The molecule has 2 aliphatic heterocycles. The highest BCUT2D eigenvalue weighted by molar-refractivity contribution is 7.90. The molecule has 2 atom stereocenters. The molecule has 3 heterocycles. The van der Waals surface area contributed by atoms with Gasteiger partial charge in [-0.3, -0.25) is 4.90 Å². The lowest BCUT2D eigenvalue weighted by Gasteiger charge is -2.24. The van der Waals surface area contributed by atoms with Gasteiger partial charge in [-0.05, 0) is 44.7 Å². The number of sulfonamides is 1. The van der Waals surface area contributed by atoms with Crippen LogP contribution in [0.4, 0.5) is 0 Å². The minimum absolute atomic E-state index is 0.0852. The van der Waals surface area contributed by atoms with Crippen molar-refractivity contribution in [3.8, 4) is 0 Å². The number of fused-ring (bicyclic) bond motifs is 1. The van der Waals surface area contributed by atoms with Gasteiger partial charge in [0.1, 0.15) is 11.5 Å². The third-order valence-corrected chi connectivity index (χ3v) is 7.49. The van der Waals surface area contributed by atoms with E-state index in [4.69, 9.17) is 4.42 Å². The molecular weight excluding hydrogens is 288 g/mol. The number of hydrogen-bond donors (Lipinski definition) is 0. The van der Waals surface area contributed by atoms with Crippen LogP contribution in [0.5, 0.6) is 0 Å². The highest BCUT2D eigenvalue weighted by atomic mass is 32.2. The maximum Gasteiger partial charge on any atom is 0.217 e. The summed E-state index contributed by atoms with van der Waals surface area (Å²) in [5.41, 5.74) is 0. The second-order valence-electron chi connectivity index (χ2n) is 6.55. The molecule has 5 nitrogen and oxygen atoms in total. The van der Waals surface area contributed by atoms with Crippen molar-refractivity contribution in [3.05, 3.63) is 23.7 Å². The number of rotatable bonds is 4. The summed E-state index contributed by atoms with van der Waals surface area (Å²) in [6.45, 7) is 4.41. The van der Waals surface area contributed by atoms with E-state index in [0.717, 1.165) is 50.3 Å². The van der Waals surface area contributed by atoms with Crippen LogP contribution in [0.1, 0.15) is 37.2 Å². The van der Waals surface area contributed by atoms with Crippen molar-refractivity contribution >= 4 is 10.0 Å². The topological polar surface area (TPSA) is 53.8 Å². The fourth-order valence-electron chi connectivity index (χ4n) is 3.88. The summed E-state index contributed by atoms with van der Waals surface area (Å²) in [6, 6.07) is 4.56. The Morgan fingerprint density at radius 2 is 1.90 bits per heavy atom. The highest BCUT2D eigenvalue weighted by Gasteiger charge is 2.51. The number of aryl methyl sites for hydroxylation is 1. The van der Waals surface area contributed by atoms with Crippen LogP contribution in [0.3, 0.4) is 0 Å². The molecule has 3 aliphatic rings. The smallest absolute Gasteiger partial charge is 0.217 e. The van der Waals surface area contributed by atoms with Crippen LogP contribution in [0.25, 0.3) is 0 Å². The van der Waals surface area contributed by atoms with Gasteiger partial charge in [-0.1, -0.05) is 0 Å². The van der Waals surface area contributed by atoms with E-state index in [1.54, 1.807) is 0 Å². The molecule has 3 fully saturated rings. The predicted molar refractivity (Wildman–Crippen MR) is 79.3 cm³/mol. The molecule has 0 bridgehead atoms. The van der Waals surface area contributed by atoms with E-state index < -0.39 is 10.0 Å². The number of hydrogen-bond acceptors (Lipinski definition) is 4. The predicted octanol–water partition coefficient (Wildman–Crippen LogP) is 1.73. The average molecular weight is 310 g/mol. The average Bonchev–Trinajstić information content (AvgIpc) is 2.93. The minimum Gasteiger partial charge on any atom is -0.465 e. The van der Waals surface area contributed by atoms with Gasteiger partial charge in [-0.15, -0.1) is 0 Å². The largest absolute Gasteiger partial charge is 0.465 e. The van der Waals surface area contributed by atoms with Crippen LogP contribution in [0.15, 0.2) is 16.5 Å². The molecule has 0 radical (unpaired) electrons. The van der Waals surface area contributed by atoms with Crippen molar-refractivity contribution < 1.29 is 12.8 Å². The molecule has 0 unspecified atom stereocenters. The Balaban J connectivity index is 1.48. The normalized spacial score (nSPS) is 30.9. The van der Waals surface area contributed by atoms with Crippen molar-refractivity contribution in [1.82, 2.24) is 9.21 Å². The lowest BCUT2D eigenvalue weighted by molar-refractivity contribution is 0.220. The summed E-state index contributed by atoms with van der Waals surface area (Å²) < 4.78 is 32.5. The molecule has 6 heteroatoms. The molecule has 116 valence electrons. The van der Waals surface area contributed by atoms with E-state index >= 15 is 0 Å². The second-order valence-corrected chi connectivity index (χ2v) is 8.72. The van der Waals surface area contributed by atoms with Crippen LogP contribution >= 0.6 is 0 Å². The van der Waals surface area contributed by atoms with Crippen LogP contribution < -0.4 is 0 Å². The molecule has 0 aromatic carbocycles. The van der Waals surface area contributed by atoms with Gasteiger partial charge in [0.05, 0.1) is 11.8 Å². The molecule has 21 heavy (non-hydrogen) atoms. The van der Waals surface area contributed by atoms with E-state index in [0.29, 0.717) is 12.6 Å². The molecule has 1 aromatic heterocycles. The fraction of sp³-hybridized carbons (Fsp3) is 0.733. The summed E-state index contributed by atoms with van der Waals surface area (Å²) in [6.07, 6.45) is 3.61. The Morgan fingerprint density at radius 1 is 1.14 bits per heavy atom. The summed E-state index contributed by atoms with van der Waals surface area (Å²) in [7, 11) is -3.03. The van der Waals surface area contributed by atoms with Crippen molar-refractivity contribution in [1.29, 1.82) is 0 Å². The third kappa shape index (κ3) is 2.33. The Hall–Kier alpha value is -0.850. The van der Waals surface area contributed by atoms with Gasteiger partial charge in [-0.2, -0.15) is 4.31 Å². The van der Waals surface area contributed by atoms with Crippen LogP contribution in [0.2, 0.25) is 0 Å². The van der Waals surface area contributed by atoms with E-state index in [1.165, 1.54) is 0 Å². The Kier molecular flexibility index (Phi) is 3.17. The van der Waals surface area contributed by atoms with Crippen LogP contribution in [0, 0.1) is 6.92 Å². The first-order valence-corrected chi connectivity index (χ1v) is 9.36. The Bertz CT molecular complexity index is 635. The molecule has 0 amide bonds. The summed E-state index contributed by atoms with van der Waals surface area (Å²) in [4.78, 5) is 2.39. The molecule has 0 spiro atoms.